The van der Waals surface area contributed by atoms with Crippen molar-refractivity contribution >= 4 is 10.0 Å². The zero-order chi connectivity index (χ0) is 11.5. The van der Waals surface area contributed by atoms with Crippen molar-refractivity contribution in [2.24, 2.45) is 5.14 Å². The Balaban J connectivity index is 3.06. The molecule has 6 heteroatoms. The molecule has 5 nitrogen and oxygen atoms in total. The van der Waals surface area contributed by atoms with Crippen LogP contribution in [0, 0.1) is 6.92 Å². The molecule has 0 saturated carbocycles. The van der Waals surface area contributed by atoms with Gasteiger partial charge in [-0.05, 0) is 30.5 Å². The lowest BCUT2D eigenvalue weighted by Gasteiger charge is -2.06. The first-order valence-electron chi connectivity index (χ1n) is 4.44. The van der Waals surface area contributed by atoms with Crippen molar-refractivity contribution < 1.29 is 13.6 Å². The van der Waals surface area contributed by atoms with Gasteiger partial charge in [0, 0.05) is 6.54 Å². The third-order valence-corrected chi connectivity index (χ3v) is 3.14. The van der Waals surface area contributed by atoms with E-state index in [9.17, 15) is 8.42 Å². The summed E-state index contributed by atoms with van der Waals surface area (Å²) >= 11 is 0. The average molecular weight is 230 g/mol. The third kappa shape index (κ3) is 3.28. The molecule has 0 fully saturated rings. The zero-order valence-electron chi connectivity index (χ0n) is 8.40. The van der Waals surface area contributed by atoms with Crippen LogP contribution in [0.2, 0.25) is 0 Å². The summed E-state index contributed by atoms with van der Waals surface area (Å²) in [5, 5.41) is 13.5. The molecule has 0 aliphatic heterocycles. The fourth-order valence-electron chi connectivity index (χ4n) is 1.31. The Labute approximate surface area is 88.9 Å². The van der Waals surface area contributed by atoms with Crippen LogP contribution in [0.3, 0.4) is 0 Å². The molecule has 4 N–H and O–H groups in total. The number of nitrogens with two attached hydrogens (primary N) is 1. The van der Waals surface area contributed by atoms with Gasteiger partial charge in [-0.25, -0.2) is 19.0 Å². The monoisotopic (exact) mass is 230 g/mol. The van der Waals surface area contributed by atoms with E-state index >= 15 is 0 Å². The second kappa shape index (κ2) is 4.71. The van der Waals surface area contributed by atoms with E-state index in [2.05, 4.69) is 0 Å². The van der Waals surface area contributed by atoms with E-state index in [1.807, 2.05) is 5.48 Å². The van der Waals surface area contributed by atoms with Gasteiger partial charge in [-0.3, -0.25) is 0 Å². The van der Waals surface area contributed by atoms with Gasteiger partial charge in [-0.1, -0.05) is 12.1 Å². The summed E-state index contributed by atoms with van der Waals surface area (Å²) < 4.78 is 22.4. The van der Waals surface area contributed by atoms with Crippen LogP contribution in [0.15, 0.2) is 23.1 Å². The molecular weight excluding hydrogens is 216 g/mol. The lowest BCUT2D eigenvalue weighted by Crippen LogP contribution is -2.15. The van der Waals surface area contributed by atoms with Crippen molar-refractivity contribution in [3.8, 4) is 0 Å². The van der Waals surface area contributed by atoms with Crippen LogP contribution in [0.4, 0.5) is 0 Å². The summed E-state index contributed by atoms with van der Waals surface area (Å²) in [6.07, 6.45) is 0.541. The number of sulfonamides is 1. The van der Waals surface area contributed by atoms with Crippen molar-refractivity contribution in [1.29, 1.82) is 0 Å². The highest BCUT2D eigenvalue weighted by atomic mass is 32.2. The molecule has 0 heterocycles. The number of hydrogen-bond donors (Lipinski definition) is 3. The number of rotatable bonds is 4. The van der Waals surface area contributed by atoms with Gasteiger partial charge in [0.25, 0.3) is 0 Å². The highest BCUT2D eigenvalue weighted by molar-refractivity contribution is 7.89. The molecule has 0 saturated heterocycles. The SMILES string of the molecule is Cc1ccc(CCNO)cc1S(N)(=O)=O. The number of primary sulfonamides is 1. The number of nitrogens with one attached hydrogen (secondary N) is 1. The van der Waals surface area contributed by atoms with E-state index in [4.69, 9.17) is 10.3 Å². The summed E-state index contributed by atoms with van der Waals surface area (Å²) in [6, 6.07) is 5.04. The molecule has 0 spiro atoms. The van der Waals surface area contributed by atoms with E-state index in [0.29, 0.717) is 18.5 Å². The maximum atomic E-state index is 11.2. The quantitative estimate of drug-likeness (QED) is 0.643. The molecule has 0 unspecified atom stereocenters. The summed E-state index contributed by atoms with van der Waals surface area (Å²) in [6.45, 7) is 2.06. The van der Waals surface area contributed by atoms with Gasteiger partial charge in [-0.15, -0.1) is 0 Å². The van der Waals surface area contributed by atoms with Crippen LogP contribution >= 0.6 is 0 Å². The van der Waals surface area contributed by atoms with Crippen molar-refractivity contribution in [1.82, 2.24) is 5.48 Å². The van der Waals surface area contributed by atoms with E-state index in [0.717, 1.165) is 5.56 Å². The first-order chi connectivity index (χ1) is 6.95. The van der Waals surface area contributed by atoms with Crippen LogP contribution in [0.1, 0.15) is 11.1 Å². The summed E-state index contributed by atoms with van der Waals surface area (Å²) in [5.41, 5.74) is 3.44. The molecule has 1 rings (SSSR count). The minimum atomic E-state index is -3.66. The minimum Gasteiger partial charge on any atom is -0.317 e. The highest BCUT2D eigenvalue weighted by Crippen LogP contribution is 2.15. The standard InChI is InChI=1S/C9H14N2O3S/c1-7-2-3-8(4-5-11-12)6-9(7)15(10,13)14/h2-3,6,11-12H,4-5H2,1H3,(H2,10,13,14). The Bertz CT molecular complexity index is 443. The molecule has 84 valence electrons. The van der Waals surface area contributed by atoms with Crippen LogP contribution < -0.4 is 10.6 Å². The van der Waals surface area contributed by atoms with Crippen LogP contribution in [-0.4, -0.2) is 20.2 Å². The first kappa shape index (κ1) is 12.1. The van der Waals surface area contributed by atoms with Gasteiger partial charge in [0.2, 0.25) is 10.0 Å². The van der Waals surface area contributed by atoms with Gasteiger partial charge in [-0.2, -0.15) is 0 Å². The number of aryl methyl sites for hydroxylation is 1. The molecule has 0 bridgehead atoms. The predicted molar refractivity (Wildman–Crippen MR) is 56.0 cm³/mol. The largest absolute Gasteiger partial charge is 0.317 e. The Morgan fingerprint density at radius 2 is 2.13 bits per heavy atom. The average Bonchev–Trinajstić information content (AvgIpc) is 2.15. The normalized spacial score (nSPS) is 11.7. The van der Waals surface area contributed by atoms with Crippen LogP contribution in [0.5, 0.6) is 0 Å². The van der Waals surface area contributed by atoms with E-state index in [-0.39, 0.29) is 4.90 Å². The Morgan fingerprint density at radius 1 is 1.47 bits per heavy atom. The van der Waals surface area contributed by atoms with Crippen molar-refractivity contribution in [2.45, 2.75) is 18.2 Å². The molecule has 0 aliphatic rings. The molecule has 0 radical (unpaired) electrons. The molecule has 0 aromatic heterocycles. The van der Waals surface area contributed by atoms with Crippen LogP contribution in [-0.2, 0) is 16.4 Å². The molecule has 0 aliphatic carbocycles. The second-order valence-corrected chi connectivity index (χ2v) is 4.83. The van der Waals surface area contributed by atoms with Gasteiger partial charge < -0.3 is 5.21 Å². The first-order valence-corrected chi connectivity index (χ1v) is 5.99. The summed E-state index contributed by atoms with van der Waals surface area (Å²) in [5.74, 6) is 0. The topological polar surface area (TPSA) is 92.4 Å². The Hall–Kier alpha value is -0.950. The molecular formula is C9H14N2O3S. The van der Waals surface area contributed by atoms with E-state index < -0.39 is 10.0 Å². The highest BCUT2D eigenvalue weighted by Gasteiger charge is 2.11. The molecule has 15 heavy (non-hydrogen) atoms. The number of hydrogen-bond acceptors (Lipinski definition) is 4. The smallest absolute Gasteiger partial charge is 0.238 e. The predicted octanol–water partition coefficient (Wildman–Crippen LogP) is 0.164. The summed E-state index contributed by atoms with van der Waals surface area (Å²) in [4.78, 5) is 0.137. The molecule has 1 aromatic rings. The van der Waals surface area contributed by atoms with Gasteiger partial charge >= 0.3 is 0 Å². The van der Waals surface area contributed by atoms with Gasteiger partial charge in [0.1, 0.15) is 0 Å². The fraction of sp³-hybridized carbons (Fsp3) is 0.333. The second-order valence-electron chi connectivity index (χ2n) is 3.30. The molecule has 0 atom stereocenters. The number of hydroxylamine groups is 1. The van der Waals surface area contributed by atoms with Gasteiger partial charge in [0.15, 0.2) is 0 Å². The Morgan fingerprint density at radius 3 is 2.67 bits per heavy atom. The fourth-order valence-corrected chi connectivity index (χ4v) is 2.14. The van der Waals surface area contributed by atoms with Crippen molar-refractivity contribution in [3.63, 3.8) is 0 Å². The van der Waals surface area contributed by atoms with Crippen LogP contribution in [0.25, 0.3) is 0 Å². The van der Waals surface area contributed by atoms with Gasteiger partial charge in [0.05, 0.1) is 4.90 Å². The minimum absolute atomic E-state index is 0.137. The van der Waals surface area contributed by atoms with Crippen molar-refractivity contribution in [3.05, 3.63) is 29.3 Å². The lowest BCUT2D eigenvalue weighted by atomic mass is 10.1. The van der Waals surface area contributed by atoms with E-state index in [1.165, 1.54) is 6.07 Å². The zero-order valence-corrected chi connectivity index (χ0v) is 9.21. The maximum absolute atomic E-state index is 11.2. The maximum Gasteiger partial charge on any atom is 0.238 e. The molecule has 0 amide bonds. The van der Waals surface area contributed by atoms with Crippen molar-refractivity contribution in [2.75, 3.05) is 6.54 Å². The Kier molecular flexibility index (Phi) is 3.81. The summed E-state index contributed by atoms with van der Waals surface area (Å²) in [7, 11) is -3.66. The number of benzene rings is 1. The molecule has 1 aromatic carbocycles. The lowest BCUT2D eigenvalue weighted by molar-refractivity contribution is 0.168. The van der Waals surface area contributed by atoms with E-state index in [1.54, 1.807) is 19.1 Å². The third-order valence-electron chi connectivity index (χ3n) is 2.08.